The Morgan fingerprint density at radius 1 is 0.615 bits per heavy atom. The molecule has 0 bridgehead atoms. The van der Waals surface area contributed by atoms with Crippen LogP contribution in [0.2, 0.25) is 0 Å². The predicted molar refractivity (Wildman–Crippen MR) is 165 cm³/mol. The number of anilines is 3. The second kappa shape index (κ2) is 7.73. The fraction of sp³-hybridized carbons (Fsp3) is 0.114. The maximum Gasteiger partial charge on any atom is 0.263 e. The molecule has 0 saturated heterocycles. The molecule has 3 nitrogen and oxygen atoms in total. The van der Waals surface area contributed by atoms with Gasteiger partial charge in [0.1, 0.15) is 0 Å². The Hall–Kier alpha value is -4.57. The minimum atomic E-state index is 0.0120. The van der Waals surface area contributed by atoms with Crippen LogP contribution in [0.5, 0.6) is 0 Å². The van der Waals surface area contributed by atoms with E-state index in [2.05, 4.69) is 111 Å². The van der Waals surface area contributed by atoms with Crippen molar-refractivity contribution in [3.8, 4) is 5.69 Å². The molecule has 0 aliphatic carbocycles. The van der Waals surface area contributed by atoms with Crippen LogP contribution in [0.15, 0.2) is 114 Å². The molecule has 6 aromatic rings. The summed E-state index contributed by atoms with van der Waals surface area (Å²) in [7, 11) is 0. The molecule has 3 heterocycles. The molecule has 0 unspecified atom stereocenters. The Balaban J connectivity index is 1.60. The van der Waals surface area contributed by atoms with Crippen LogP contribution >= 0.6 is 0 Å². The van der Waals surface area contributed by atoms with Gasteiger partial charge < -0.3 is 4.90 Å². The smallest absolute Gasteiger partial charge is 0.263 e. The zero-order chi connectivity index (χ0) is 26.5. The van der Waals surface area contributed by atoms with E-state index < -0.39 is 0 Å². The Morgan fingerprint density at radius 3 is 2.10 bits per heavy atom. The first-order valence-electron chi connectivity index (χ1n) is 13.6. The van der Waals surface area contributed by atoms with Gasteiger partial charge in [0, 0.05) is 33.5 Å². The average molecular weight is 502 g/mol. The predicted octanol–water partition coefficient (Wildman–Crippen LogP) is 6.05. The second-order valence-electron chi connectivity index (χ2n) is 11.8. The van der Waals surface area contributed by atoms with Crippen LogP contribution in [-0.4, -0.2) is 11.3 Å². The van der Waals surface area contributed by atoms with E-state index in [0.29, 0.717) is 0 Å². The van der Waals surface area contributed by atoms with E-state index in [1.54, 1.807) is 0 Å². The molecule has 0 fully saturated rings. The Labute approximate surface area is 228 Å². The lowest BCUT2D eigenvalue weighted by Gasteiger charge is -2.41. The van der Waals surface area contributed by atoms with Gasteiger partial charge in [0.2, 0.25) is 0 Å². The van der Waals surface area contributed by atoms with Gasteiger partial charge in [0.15, 0.2) is 0 Å². The highest BCUT2D eigenvalue weighted by molar-refractivity contribution is 7.00. The standard InChI is InChI=1S/C35H27BN2O/c1-35(2,3)22-17-19-30-28(21-22)36-27-15-9-10-16-29(27)38-33-25(24-13-7-8-14-26(24)34(38)39)18-20-31(32(33)36)37(30)23-11-5-4-6-12-23/h4-21H,1-3H3. The lowest BCUT2D eigenvalue weighted by Crippen LogP contribution is -2.61. The molecular weight excluding hydrogens is 475 g/mol. The molecule has 5 aromatic carbocycles. The van der Waals surface area contributed by atoms with E-state index in [0.717, 1.165) is 38.7 Å². The fourth-order valence-corrected chi connectivity index (χ4v) is 6.75. The Kier molecular flexibility index (Phi) is 4.45. The Bertz CT molecular complexity index is 2040. The zero-order valence-electron chi connectivity index (χ0n) is 22.3. The summed E-state index contributed by atoms with van der Waals surface area (Å²) in [5.41, 5.74) is 10.5. The Morgan fingerprint density at radius 2 is 1.31 bits per heavy atom. The molecule has 0 N–H and O–H groups in total. The van der Waals surface area contributed by atoms with Gasteiger partial charge in [0.25, 0.3) is 12.3 Å². The van der Waals surface area contributed by atoms with Crippen LogP contribution < -0.4 is 26.8 Å². The van der Waals surface area contributed by atoms with Crippen molar-refractivity contribution in [1.29, 1.82) is 0 Å². The molecule has 2 aliphatic heterocycles. The lowest BCUT2D eigenvalue weighted by molar-refractivity contribution is 0.591. The van der Waals surface area contributed by atoms with Gasteiger partial charge in [-0.25, -0.2) is 0 Å². The molecule has 1 aromatic heterocycles. The number of fused-ring (bicyclic) bond motifs is 7. The van der Waals surface area contributed by atoms with E-state index in [-0.39, 0.29) is 17.7 Å². The van der Waals surface area contributed by atoms with Gasteiger partial charge in [-0.05, 0) is 69.2 Å². The summed E-state index contributed by atoms with van der Waals surface area (Å²) >= 11 is 0. The summed E-state index contributed by atoms with van der Waals surface area (Å²) < 4.78 is 1.98. The summed E-state index contributed by atoms with van der Waals surface area (Å²) in [5.74, 6) is 0. The van der Waals surface area contributed by atoms with Crippen molar-refractivity contribution in [2.75, 3.05) is 4.90 Å². The number of benzene rings is 5. The number of pyridine rings is 1. The van der Waals surface area contributed by atoms with Crippen molar-refractivity contribution in [3.05, 3.63) is 125 Å². The molecule has 4 heteroatoms. The molecule has 8 rings (SSSR count). The first-order chi connectivity index (χ1) is 18.9. The topological polar surface area (TPSA) is 25.2 Å². The molecule has 0 spiro atoms. The van der Waals surface area contributed by atoms with E-state index >= 15 is 0 Å². The maximum absolute atomic E-state index is 14.2. The van der Waals surface area contributed by atoms with E-state index in [9.17, 15) is 4.79 Å². The molecule has 39 heavy (non-hydrogen) atoms. The van der Waals surface area contributed by atoms with Crippen molar-refractivity contribution in [2.24, 2.45) is 0 Å². The minimum Gasteiger partial charge on any atom is -0.311 e. The number of aromatic nitrogens is 1. The van der Waals surface area contributed by atoms with Gasteiger partial charge in [-0.3, -0.25) is 9.36 Å². The van der Waals surface area contributed by atoms with E-state index in [1.807, 2.05) is 28.8 Å². The number of nitrogens with zero attached hydrogens (tertiary/aromatic N) is 2. The van der Waals surface area contributed by atoms with Crippen LogP contribution in [0, 0.1) is 0 Å². The quantitative estimate of drug-likeness (QED) is 0.202. The van der Waals surface area contributed by atoms with Crippen LogP contribution in [-0.2, 0) is 5.41 Å². The summed E-state index contributed by atoms with van der Waals surface area (Å²) in [6.45, 7) is 6.84. The first-order valence-corrected chi connectivity index (χ1v) is 13.6. The summed E-state index contributed by atoms with van der Waals surface area (Å²) in [6, 6.07) is 38.5. The van der Waals surface area contributed by atoms with Crippen molar-refractivity contribution < 1.29 is 0 Å². The third-order valence-corrected chi connectivity index (χ3v) is 8.55. The molecule has 2 aliphatic rings. The highest BCUT2D eigenvalue weighted by atomic mass is 16.1. The third kappa shape index (κ3) is 2.97. The summed E-state index contributed by atoms with van der Waals surface area (Å²) in [4.78, 5) is 16.6. The van der Waals surface area contributed by atoms with Crippen LogP contribution in [0.3, 0.4) is 0 Å². The number of hydrogen-bond donors (Lipinski definition) is 0. The number of hydrogen-bond acceptors (Lipinski definition) is 2. The van der Waals surface area contributed by atoms with E-state index in [4.69, 9.17) is 0 Å². The fourth-order valence-electron chi connectivity index (χ4n) is 6.75. The van der Waals surface area contributed by atoms with Crippen LogP contribution in [0.1, 0.15) is 26.3 Å². The van der Waals surface area contributed by atoms with Gasteiger partial charge >= 0.3 is 0 Å². The average Bonchev–Trinajstić information content (AvgIpc) is 2.96. The highest BCUT2D eigenvalue weighted by Gasteiger charge is 2.42. The van der Waals surface area contributed by atoms with E-state index in [1.165, 1.54) is 27.6 Å². The third-order valence-electron chi connectivity index (χ3n) is 8.55. The molecule has 186 valence electrons. The van der Waals surface area contributed by atoms with Crippen LogP contribution in [0.25, 0.3) is 27.4 Å². The monoisotopic (exact) mass is 502 g/mol. The maximum atomic E-state index is 14.2. The zero-order valence-corrected chi connectivity index (χ0v) is 22.3. The van der Waals surface area contributed by atoms with Crippen molar-refractivity contribution in [1.82, 2.24) is 4.57 Å². The van der Waals surface area contributed by atoms with Gasteiger partial charge in [-0.1, -0.05) is 93.6 Å². The SMILES string of the molecule is CC(C)(C)c1ccc2c(c1)B1c3ccccc3-n3c(=O)c4ccccc4c4ccc(c1c43)N2c1ccccc1. The summed E-state index contributed by atoms with van der Waals surface area (Å²) in [6.07, 6.45) is 0. The van der Waals surface area contributed by atoms with Crippen LogP contribution in [0.4, 0.5) is 17.1 Å². The molecule has 0 saturated carbocycles. The van der Waals surface area contributed by atoms with Crippen molar-refractivity contribution in [2.45, 2.75) is 26.2 Å². The summed E-state index contributed by atoms with van der Waals surface area (Å²) in [5, 5.41) is 2.88. The lowest BCUT2D eigenvalue weighted by atomic mass is 9.33. The van der Waals surface area contributed by atoms with Gasteiger partial charge in [-0.2, -0.15) is 0 Å². The molecule has 0 atom stereocenters. The highest BCUT2D eigenvalue weighted by Crippen LogP contribution is 2.40. The number of rotatable bonds is 1. The second-order valence-corrected chi connectivity index (χ2v) is 11.8. The molecule has 0 amide bonds. The molecular formula is C35H27BN2O. The van der Waals surface area contributed by atoms with Gasteiger partial charge in [0.05, 0.1) is 5.52 Å². The minimum absolute atomic E-state index is 0.0120. The van der Waals surface area contributed by atoms with Crippen molar-refractivity contribution >= 4 is 61.8 Å². The first kappa shape index (κ1) is 22.4. The van der Waals surface area contributed by atoms with Gasteiger partial charge in [-0.15, -0.1) is 0 Å². The largest absolute Gasteiger partial charge is 0.311 e. The van der Waals surface area contributed by atoms with Crippen molar-refractivity contribution in [3.63, 3.8) is 0 Å². The number of para-hydroxylation sites is 2. The molecule has 0 radical (unpaired) electrons. The normalized spacial score (nSPS) is 13.5.